The lowest BCUT2D eigenvalue weighted by molar-refractivity contribution is -0.420. The van der Waals surface area contributed by atoms with E-state index < -0.39 is 6.36 Å². The molecule has 30 heavy (non-hydrogen) atoms. The SMILES string of the molecule is C[NH+]=C(C=C(C)N)Cn1nc(-c2nc(-c3ccc(OC(F)(F)F)cc3)no2)nc1C. The monoisotopic (exact) mass is 422 g/mol. The number of hydrogen-bond donors (Lipinski definition) is 2. The number of alkyl halides is 3. The van der Waals surface area contributed by atoms with Gasteiger partial charge in [-0.3, -0.25) is 0 Å². The van der Waals surface area contributed by atoms with Gasteiger partial charge < -0.3 is 15.0 Å². The Morgan fingerprint density at radius 1 is 1.23 bits per heavy atom. The average Bonchev–Trinajstić information content (AvgIpc) is 3.27. The fourth-order valence-electron chi connectivity index (χ4n) is 2.53. The number of ether oxygens (including phenoxy) is 1. The molecule has 3 rings (SSSR count). The molecule has 0 bridgehead atoms. The summed E-state index contributed by atoms with van der Waals surface area (Å²) in [5.41, 5.74) is 7.64. The summed E-state index contributed by atoms with van der Waals surface area (Å²) in [5, 5.41) is 8.21. The molecular formula is C18H19F3N7O2+. The molecule has 0 aliphatic rings. The van der Waals surface area contributed by atoms with Gasteiger partial charge in [0.15, 0.2) is 5.71 Å². The van der Waals surface area contributed by atoms with E-state index in [1.54, 1.807) is 31.7 Å². The van der Waals surface area contributed by atoms with Gasteiger partial charge in [-0.2, -0.15) is 4.98 Å². The Labute approximate surface area is 169 Å². The Kier molecular flexibility index (Phi) is 5.85. The second-order valence-corrected chi connectivity index (χ2v) is 6.30. The molecule has 158 valence electrons. The topological polar surface area (TPSA) is 119 Å². The van der Waals surface area contributed by atoms with E-state index in [2.05, 4.69) is 30.0 Å². The molecule has 12 heteroatoms. The zero-order valence-corrected chi connectivity index (χ0v) is 16.4. The number of aromatic nitrogens is 5. The van der Waals surface area contributed by atoms with E-state index in [9.17, 15) is 13.2 Å². The first-order valence-corrected chi connectivity index (χ1v) is 8.73. The number of nitrogens with two attached hydrogens (primary N) is 1. The molecule has 3 N–H and O–H groups in total. The minimum absolute atomic E-state index is 0.0824. The number of halogens is 3. The van der Waals surface area contributed by atoms with Gasteiger partial charge in [0.2, 0.25) is 11.6 Å². The van der Waals surface area contributed by atoms with E-state index >= 15 is 0 Å². The predicted molar refractivity (Wildman–Crippen MR) is 100 cm³/mol. The van der Waals surface area contributed by atoms with Crippen LogP contribution in [-0.4, -0.2) is 44.0 Å². The van der Waals surface area contributed by atoms with Crippen molar-refractivity contribution in [3.8, 4) is 28.9 Å². The summed E-state index contributed by atoms with van der Waals surface area (Å²) in [5.74, 6) is 0.770. The molecule has 0 amide bonds. The minimum atomic E-state index is -4.76. The smallest absolute Gasteiger partial charge is 0.406 e. The number of allylic oxidation sites excluding steroid dienone is 2. The van der Waals surface area contributed by atoms with Gasteiger partial charge in [0.25, 0.3) is 5.89 Å². The Balaban J connectivity index is 1.79. The van der Waals surface area contributed by atoms with Crippen LogP contribution < -0.4 is 15.5 Å². The van der Waals surface area contributed by atoms with Crippen LogP contribution in [0, 0.1) is 6.92 Å². The molecule has 2 heterocycles. The van der Waals surface area contributed by atoms with Gasteiger partial charge in [-0.05, 0) is 38.1 Å². The summed E-state index contributed by atoms with van der Waals surface area (Å²) in [6, 6.07) is 5.11. The fourth-order valence-corrected chi connectivity index (χ4v) is 2.53. The van der Waals surface area contributed by atoms with E-state index in [-0.39, 0.29) is 23.3 Å². The van der Waals surface area contributed by atoms with Crippen LogP contribution in [0.2, 0.25) is 0 Å². The van der Waals surface area contributed by atoms with Gasteiger partial charge >= 0.3 is 6.36 Å². The molecule has 3 aromatic rings. The van der Waals surface area contributed by atoms with Crippen LogP contribution in [0.3, 0.4) is 0 Å². The molecule has 0 atom stereocenters. The lowest BCUT2D eigenvalue weighted by atomic mass is 10.2. The van der Waals surface area contributed by atoms with Crippen LogP contribution in [-0.2, 0) is 6.54 Å². The van der Waals surface area contributed by atoms with Crippen molar-refractivity contribution >= 4 is 5.71 Å². The molecule has 0 aliphatic heterocycles. The van der Waals surface area contributed by atoms with Crippen molar-refractivity contribution in [2.75, 3.05) is 7.05 Å². The van der Waals surface area contributed by atoms with Crippen LogP contribution >= 0.6 is 0 Å². The first-order valence-electron chi connectivity index (χ1n) is 8.73. The summed E-state index contributed by atoms with van der Waals surface area (Å²) in [6.07, 6.45) is -2.97. The maximum atomic E-state index is 12.3. The van der Waals surface area contributed by atoms with Crippen molar-refractivity contribution < 1.29 is 27.4 Å². The second kappa shape index (κ2) is 8.35. The number of rotatable bonds is 6. The van der Waals surface area contributed by atoms with Crippen LogP contribution in [0.4, 0.5) is 13.2 Å². The van der Waals surface area contributed by atoms with Crippen LogP contribution in [0.25, 0.3) is 23.1 Å². The molecule has 0 fully saturated rings. The highest BCUT2D eigenvalue weighted by atomic mass is 19.4. The molecule has 0 radical (unpaired) electrons. The maximum Gasteiger partial charge on any atom is 0.573 e. The average molecular weight is 422 g/mol. The number of benzene rings is 1. The van der Waals surface area contributed by atoms with E-state index in [0.29, 0.717) is 23.6 Å². The van der Waals surface area contributed by atoms with Crippen molar-refractivity contribution in [1.29, 1.82) is 0 Å². The van der Waals surface area contributed by atoms with E-state index in [4.69, 9.17) is 10.3 Å². The van der Waals surface area contributed by atoms with Gasteiger partial charge in [0.05, 0.1) is 0 Å². The zero-order valence-electron chi connectivity index (χ0n) is 16.4. The Morgan fingerprint density at radius 2 is 1.93 bits per heavy atom. The summed E-state index contributed by atoms with van der Waals surface area (Å²) < 4.78 is 47.5. The number of nitrogens with zero attached hydrogens (tertiary/aromatic N) is 5. The standard InChI is InChI=1S/C18H18F3N7O2/c1-10(22)8-13(23-3)9-28-11(2)24-16(26-28)17-25-15(27-30-17)12-4-6-14(7-5-12)29-18(19,20)21/h4-8H,9,22H2,1-3H3/p+1. The lowest BCUT2D eigenvalue weighted by Crippen LogP contribution is -2.68. The van der Waals surface area contributed by atoms with Crippen molar-refractivity contribution in [3.05, 3.63) is 41.9 Å². The molecule has 0 saturated carbocycles. The first-order chi connectivity index (χ1) is 14.1. The number of aryl methyl sites for hydroxylation is 1. The lowest BCUT2D eigenvalue weighted by Gasteiger charge is -2.08. The van der Waals surface area contributed by atoms with Crippen molar-refractivity contribution in [2.45, 2.75) is 26.8 Å². The van der Waals surface area contributed by atoms with Crippen molar-refractivity contribution in [2.24, 2.45) is 5.73 Å². The van der Waals surface area contributed by atoms with Crippen molar-refractivity contribution in [1.82, 2.24) is 24.9 Å². The highest BCUT2D eigenvalue weighted by molar-refractivity contribution is 5.90. The molecule has 1 aromatic carbocycles. The molecule has 0 saturated heterocycles. The third-order valence-electron chi connectivity index (χ3n) is 3.86. The van der Waals surface area contributed by atoms with E-state index in [0.717, 1.165) is 17.8 Å². The van der Waals surface area contributed by atoms with Gasteiger partial charge in [0.1, 0.15) is 25.2 Å². The predicted octanol–water partition coefficient (Wildman–Crippen LogP) is 1.22. The molecule has 2 aromatic heterocycles. The van der Waals surface area contributed by atoms with Crippen molar-refractivity contribution in [3.63, 3.8) is 0 Å². The molecule has 9 nitrogen and oxygen atoms in total. The molecule has 0 aliphatic carbocycles. The second-order valence-electron chi connectivity index (χ2n) is 6.30. The highest BCUT2D eigenvalue weighted by Crippen LogP contribution is 2.26. The Bertz CT molecular complexity index is 1080. The van der Waals surface area contributed by atoms with Gasteiger partial charge in [-0.25, -0.2) is 14.7 Å². The minimum Gasteiger partial charge on any atom is -0.406 e. The summed E-state index contributed by atoms with van der Waals surface area (Å²) in [6.45, 7) is 3.96. The van der Waals surface area contributed by atoms with Crippen LogP contribution in [0.1, 0.15) is 12.7 Å². The Morgan fingerprint density at radius 3 is 2.53 bits per heavy atom. The van der Waals surface area contributed by atoms with Gasteiger partial charge in [-0.1, -0.05) is 5.16 Å². The van der Waals surface area contributed by atoms with Crippen LogP contribution in [0.5, 0.6) is 5.75 Å². The van der Waals surface area contributed by atoms with E-state index in [1.165, 1.54) is 12.1 Å². The summed E-state index contributed by atoms with van der Waals surface area (Å²) in [4.78, 5) is 11.6. The highest BCUT2D eigenvalue weighted by Gasteiger charge is 2.31. The number of hydrogen-bond acceptors (Lipinski definition) is 7. The fraction of sp³-hybridized carbons (Fsp3) is 0.278. The maximum absolute atomic E-state index is 12.3. The third-order valence-corrected chi connectivity index (χ3v) is 3.86. The summed E-state index contributed by atoms with van der Waals surface area (Å²) >= 11 is 0. The number of nitrogens with one attached hydrogen (secondary N) is 1. The van der Waals surface area contributed by atoms with E-state index in [1.807, 2.05) is 0 Å². The van der Waals surface area contributed by atoms with Gasteiger partial charge in [-0.15, -0.1) is 18.3 Å². The molecular weight excluding hydrogens is 403 g/mol. The zero-order chi connectivity index (χ0) is 21.9. The largest absolute Gasteiger partial charge is 0.573 e. The Hall–Kier alpha value is -3.70. The third kappa shape index (κ3) is 5.21. The molecule has 0 unspecified atom stereocenters. The van der Waals surface area contributed by atoms with Crippen LogP contribution in [0.15, 0.2) is 40.6 Å². The first kappa shape index (κ1) is 21.0. The van der Waals surface area contributed by atoms with Gasteiger partial charge in [0, 0.05) is 17.3 Å². The quantitative estimate of drug-likeness (QED) is 0.573. The summed E-state index contributed by atoms with van der Waals surface area (Å²) in [7, 11) is 1.78. The molecule has 0 spiro atoms. The normalized spacial score (nSPS) is 13.0.